The first-order valence-electron chi connectivity index (χ1n) is 7.15. The van der Waals surface area contributed by atoms with Crippen LogP contribution < -0.4 is 4.90 Å². The van der Waals surface area contributed by atoms with Crippen LogP contribution in [0.25, 0.3) is 0 Å². The Bertz CT molecular complexity index is 495. The van der Waals surface area contributed by atoms with Crippen LogP contribution in [0.3, 0.4) is 0 Å². The molecule has 1 aliphatic heterocycles. The van der Waals surface area contributed by atoms with Gasteiger partial charge in [-0.05, 0) is 31.6 Å². The number of nitrogens with zero attached hydrogens (tertiary/aromatic N) is 2. The normalized spacial score (nSPS) is 23.1. The molecule has 0 bridgehead atoms. The van der Waals surface area contributed by atoms with Gasteiger partial charge in [-0.1, -0.05) is 0 Å². The van der Waals surface area contributed by atoms with Crippen molar-refractivity contribution in [1.82, 2.24) is 4.98 Å². The predicted octanol–water partition coefficient (Wildman–Crippen LogP) is 2.12. The number of rotatable bonds is 4. The summed E-state index contributed by atoms with van der Waals surface area (Å²) in [6, 6.07) is 0. The highest BCUT2D eigenvalue weighted by Crippen LogP contribution is 2.40. The minimum absolute atomic E-state index is 0.388. The van der Waals surface area contributed by atoms with E-state index in [1.807, 2.05) is 0 Å². The number of aliphatic carboxylic acids is 1. The Labute approximate surface area is 122 Å². The van der Waals surface area contributed by atoms with Gasteiger partial charge in [-0.15, -0.1) is 11.3 Å². The van der Waals surface area contributed by atoms with Crippen molar-refractivity contribution in [1.29, 1.82) is 0 Å². The van der Waals surface area contributed by atoms with Gasteiger partial charge in [-0.25, -0.2) is 4.98 Å². The third kappa shape index (κ3) is 2.54. The quantitative estimate of drug-likeness (QED) is 0.922. The van der Waals surface area contributed by atoms with Gasteiger partial charge in [0.05, 0.1) is 5.69 Å². The molecular formula is C14H20N2O3S. The zero-order valence-electron chi connectivity index (χ0n) is 11.7. The maximum atomic E-state index is 11.2. The van der Waals surface area contributed by atoms with Crippen LogP contribution in [0.15, 0.2) is 0 Å². The minimum Gasteiger partial charge on any atom is -0.481 e. The Morgan fingerprint density at radius 2 is 2.20 bits per heavy atom. The number of thiazole rings is 1. The summed E-state index contributed by atoms with van der Waals surface area (Å²) >= 11 is 1.68. The van der Waals surface area contributed by atoms with E-state index >= 15 is 0 Å². The maximum absolute atomic E-state index is 11.2. The van der Waals surface area contributed by atoms with Gasteiger partial charge in [0.1, 0.15) is 5.92 Å². The van der Waals surface area contributed by atoms with Gasteiger partial charge in [0.2, 0.25) is 0 Å². The van der Waals surface area contributed by atoms with E-state index in [0.29, 0.717) is 12.3 Å². The summed E-state index contributed by atoms with van der Waals surface area (Å²) in [7, 11) is 1.75. The Balaban J connectivity index is 1.68. The van der Waals surface area contributed by atoms with Crippen molar-refractivity contribution in [3.05, 3.63) is 10.6 Å². The van der Waals surface area contributed by atoms with E-state index in [1.165, 1.54) is 4.88 Å². The van der Waals surface area contributed by atoms with E-state index in [1.54, 1.807) is 18.4 Å². The smallest absolute Gasteiger partial charge is 0.312 e. The average molecular weight is 296 g/mol. The van der Waals surface area contributed by atoms with Gasteiger partial charge < -0.3 is 14.7 Å². The molecule has 1 aromatic heterocycles. The molecule has 1 aromatic rings. The Kier molecular flexibility index (Phi) is 3.94. The number of carboxylic acids is 1. The van der Waals surface area contributed by atoms with Crippen LogP contribution in [-0.4, -0.2) is 42.9 Å². The fraction of sp³-hybridized carbons (Fsp3) is 0.714. The van der Waals surface area contributed by atoms with Crippen LogP contribution in [-0.2, 0) is 16.0 Å². The third-order valence-electron chi connectivity index (χ3n) is 4.29. The van der Waals surface area contributed by atoms with E-state index in [-0.39, 0.29) is 5.92 Å². The van der Waals surface area contributed by atoms with Crippen molar-refractivity contribution in [2.45, 2.75) is 31.6 Å². The first kappa shape index (κ1) is 13.8. The number of hydrogen-bond acceptors (Lipinski definition) is 5. The number of carboxylic acid groups (broad SMARTS) is 1. The van der Waals surface area contributed by atoms with Gasteiger partial charge in [-0.3, -0.25) is 4.79 Å². The molecule has 0 radical (unpaired) electrons. The van der Waals surface area contributed by atoms with E-state index < -0.39 is 5.97 Å². The molecule has 110 valence electrons. The van der Waals surface area contributed by atoms with Crippen LogP contribution in [0.5, 0.6) is 0 Å². The molecule has 3 rings (SSSR count). The van der Waals surface area contributed by atoms with E-state index in [0.717, 1.165) is 49.8 Å². The van der Waals surface area contributed by atoms with Gasteiger partial charge in [0.25, 0.3) is 0 Å². The summed E-state index contributed by atoms with van der Waals surface area (Å²) < 4.78 is 5.22. The molecule has 1 saturated heterocycles. The number of hydrogen-bond donors (Lipinski definition) is 1. The van der Waals surface area contributed by atoms with E-state index in [9.17, 15) is 9.90 Å². The molecule has 0 saturated carbocycles. The number of aromatic nitrogens is 1. The Hall–Kier alpha value is -1.14. The van der Waals surface area contributed by atoms with Gasteiger partial charge in [-0.2, -0.15) is 0 Å². The van der Waals surface area contributed by atoms with Gasteiger partial charge in [0, 0.05) is 31.7 Å². The molecule has 1 fully saturated rings. The topological polar surface area (TPSA) is 62.7 Å². The second kappa shape index (κ2) is 5.69. The number of ether oxygens (including phenoxy) is 1. The second-order valence-corrected chi connectivity index (χ2v) is 6.68. The van der Waals surface area contributed by atoms with Crippen LogP contribution in [0.4, 0.5) is 5.13 Å². The Morgan fingerprint density at radius 1 is 1.45 bits per heavy atom. The summed E-state index contributed by atoms with van der Waals surface area (Å²) in [5.41, 5.74) is 0.816. The van der Waals surface area contributed by atoms with Crippen molar-refractivity contribution in [2.75, 3.05) is 31.7 Å². The summed E-state index contributed by atoms with van der Waals surface area (Å²) in [6.07, 6.45) is 3.82. The van der Waals surface area contributed by atoms with Crippen LogP contribution in [0, 0.1) is 5.92 Å². The van der Waals surface area contributed by atoms with Gasteiger partial charge >= 0.3 is 5.97 Å². The van der Waals surface area contributed by atoms with Crippen molar-refractivity contribution < 1.29 is 14.6 Å². The number of fused-ring (bicyclic) bond motifs is 1. The predicted molar refractivity (Wildman–Crippen MR) is 77.6 cm³/mol. The summed E-state index contributed by atoms with van der Waals surface area (Å²) in [4.78, 5) is 19.3. The summed E-state index contributed by atoms with van der Waals surface area (Å²) in [5.74, 6) is -0.477. The van der Waals surface area contributed by atoms with Crippen LogP contribution >= 0.6 is 11.3 Å². The number of carbonyl (C=O) groups is 1. The zero-order chi connectivity index (χ0) is 14.1. The lowest BCUT2D eigenvalue weighted by Crippen LogP contribution is -2.35. The monoisotopic (exact) mass is 296 g/mol. The molecule has 1 N–H and O–H groups in total. The standard InChI is InChI=1S/C14H20N2O3S/c1-19-8-9-4-6-16(7-5-9)14-15-12-10(13(17)18)2-3-11(12)20-14/h9-10H,2-8H2,1H3,(H,17,18). The lowest BCUT2D eigenvalue weighted by Gasteiger charge is -2.31. The van der Waals surface area contributed by atoms with E-state index in [2.05, 4.69) is 9.88 Å². The van der Waals surface area contributed by atoms with Crippen molar-refractivity contribution in [2.24, 2.45) is 5.92 Å². The van der Waals surface area contributed by atoms with Crippen LogP contribution in [0.1, 0.15) is 35.8 Å². The molecule has 2 aliphatic rings. The molecule has 1 atom stereocenters. The molecule has 2 heterocycles. The first-order valence-corrected chi connectivity index (χ1v) is 7.97. The SMILES string of the molecule is COCC1CCN(c2nc3c(s2)CCC3C(=O)O)CC1. The highest BCUT2D eigenvalue weighted by atomic mass is 32.1. The van der Waals surface area contributed by atoms with Crippen LogP contribution in [0.2, 0.25) is 0 Å². The third-order valence-corrected chi connectivity index (χ3v) is 5.48. The minimum atomic E-state index is -0.737. The first-order chi connectivity index (χ1) is 9.69. The van der Waals surface area contributed by atoms with Crippen molar-refractivity contribution in [3.8, 4) is 0 Å². The summed E-state index contributed by atoms with van der Waals surface area (Å²) in [5, 5.41) is 10.2. The fourth-order valence-corrected chi connectivity index (χ4v) is 4.30. The molecule has 6 heteroatoms. The van der Waals surface area contributed by atoms with Crippen molar-refractivity contribution >= 4 is 22.4 Å². The molecule has 0 spiro atoms. The molecule has 1 unspecified atom stereocenters. The largest absolute Gasteiger partial charge is 0.481 e. The maximum Gasteiger partial charge on any atom is 0.312 e. The number of aryl methyl sites for hydroxylation is 1. The Morgan fingerprint density at radius 3 is 2.85 bits per heavy atom. The van der Waals surface area contributed by atoms with Gasteiger partial charge in [0.15, 0.2) is 5.13 Å². The fourth-order valence-electron chi connectivity index (χ4n) is 3.12. The highest BCUT2D eigenvalue weighted by molar-refractivity contribution is 7.15. The lowest BCUT2D eigenvalue weighted by molar-refractivity contribution is -0.138. The average Bonchev–Trinajstić information content (AvgIpc) is 2.99. The molecule has 0 amide bonds. The van der Waals surface area contributed by atoms with E-state index in [4.69, 9.17) is 4.74 Å². The summed E-state index contributed by atoms with van der Waals surface area (Å²) in [6.45, 7) is 2.83. The molecular weight excluding hydrogens is 276 g/mol. The zero-order valence-corrected chi connectivity index (χ0v) is 12.5. The highest BCUT2D eigenvalue weighted by Gasteiger charge is 2.33. The molecule has 20 heavy (non-hydrogen) atoms. The molecule has 5 nitrogen and oxygen atoms in total. The number of methoxy groups -OCH3 is 1. The number of anilines is 1. The lowest BCUT2D eigenvalue weighted by atomic mass is 9.98. The van der Waals surface area contributed by atoms with Crippen molar-refractivity contribution in [3.63, 3.8) is 0 Å². The number of piperidine rings is 1. The second-order valence-electron chi connectivity index (χ2n) is 5.62. The molecule has 1 aliphatic carbocycles. The molecule has 0 aromatic carbocycles.